The molecule has 1 heterocycles. The first-order chi connectivity index (χ1) is 9.38. The van der Waals surface area contributed by atoms with E-state index in [1.807, 2.05) is 0 Å². The molecule has 104 valence electrons. The molecule has 0 aliphatic rings. The molecule has 0 unspecified atom stereocenters. The molecule has 0 radical (unpaired) electrons. The minimum atomic E-state index is -4.77. The maximum atomic E-state index is 12.8. The molecule has 0 amide bonds. The van der Waals surface area contributed by atoms with Gasteiger partial charge in [-0.3, -0.25) is 15.1 Å². The van der Waals surface area contributed by atoms with Crippen LogP contribution in [0.4, 0.5) is 18.9 Å². The molecule has 0 saturated carbocycles. The zero-order valence-electron chi connectivity index (χ0n) is 9.79. The van der Waals surface area contributed by atoms with Crippen LogP contribution in [0.5, 0.6) is 0 Å². The number of nitro groups is 1. The maximum Gasteiger partial charge on any atom is 0.423 e. The van der Waals surface area contributed by atoms with Gasteiger partial charge < -0.3 is 0 Å². The van der Waals surface area contributed by atoms with E-state index in [1.165, 1.54) is 18.5 Å². The molecule has 0 fully saturated rings. The van der Waals surface area contributed by atoms with Gasteiger partial charge in [-0.2, -0.15) is 13.2 Å². The highest BCUT2D eigenvalue weighted by molar-refractivity contribution is 7.99. The number of pyridine rings is 1. The average Bonchev–Trinajstić information content (AvgIpc) is 2.38. The van der Waals surface area contributed by atoms with E-state index in [1.54, 1.807) is 12.1 Å². The Hall–Kier alpha value is -2.09. The van der Waals surface area contributed by atoms with Gasteiger partial charge in [-0.15, -0.1) is 0 Å². The fourth-order valence-corrected chi connectivity index (χ4v) is 2.35. The van der Waals surface area contributed by atoms with Gasteiger partial charge >= 0.3 is 6.18 Å². The molecule has 0 spiro atoms. The van der Waals surface area contributed by atoms with E-state index in [-0.39, 0.29) is 4.90 Å². The summed E-state index contributed by atoms with van der Waals surface area (Å²) in [7, 11) is 0. The van der Waals surface area contributed by atoms with Crippen molar-refractivity contribution in [1.29, 1.82) is 0 Å². The Balaban J connectivity index is 2.40. The third-order valence-corrected chi connectivity index (χ3v) is 3.35. The Bertz CT molecular complexity index is 632. The van der Waals surface area contributed by atoms with Crippen molar-refractivity contribution in [3.63, 3.8) is 0 Å². The van der Waals surface area contributed by atoms with Crippen LogP contribution in [0.25, 0.3) is 0 Å². The molecule has 0 aliphatic heterocycles. The van der Waals surface area contributed by atoms with Gasteiger partial charge in [0, 0.05) is 28.3 Å². The summed E-state index contributed by atoms with van der Waals surface area (Å²) in [5.74, 6) is 0. The second-order valence-corrected chi connectivity index (χ2v) is 4.87. The van der Waals surface area contributed by atoms with Gasteiger partial charge in [0.1, 0.15) is 5.56 Å². The molecule has 0 aliphatic carbocycles. The van der Waals surface area contributed by atoms with Crippen LogP contribution in [0, 0.1) is 10.1 Å². The molecule has 0 atom stereocenters. The highest BCUT2D eigenvalue weighted by Gasteiger charge is 2.38. The van der Waals surface area contributed by atoms with Gasteiger partial charge in [0.05, 0.1) is 4.92 Å². The maximum absolute atomic E-state index is 12.8. The van der Waals surface area contributed by atoms with Crippen LogP contribution < -0.4 is 0 Å². The van der Waals surface area contributed by atoms with Crippen molar-refractivity contribution in [3.05, 3.63) is 58.4 Å². The minimum absolute atomic E-state index is 0.272. The number of hydrogen-bond acceptors (Lipinski definition) is 4. The van der Waals surface area contributed by atoms with Gasteiger partial charge in [0.25, 0.3) is 5.69 Å². The highest BCUT2D eigenvalue weighted by atomic mass is 32.2. The Morgan fingerprint density at radius 2 is 1.75 bits per heavy atom. The Morgan fingerprint density at radius 1 is 1.10 bits per heavy atom. The molecule has 0 saturated heterocycles. The molecule has 2 rings (SSSR count). The molecule has 2 aromatic rings. The second kappa shape index (κ2) is 5.49. The highest BCUT2D eigenvalue weighted by Crippen LogP contribution is 2.39. The smallest absolute Gasteiger partial charge is 0.265 e. The lowest BCUT2D eigenvalue weighted by Gasteiger charge is -2.09. The van der Waals surface area contributed by atoms with Crippen molar-refractivity contribution in [2.75, 3.05) is 0 Å². The summed E-state index contributed by atoms with van der Waals surface area (Å²) in [6.45, 7) is 0. The van der Waals surface area contributed by atoms with E-state index in [0.717, 1.165) is 23.9 Å². The summed E-state index contributed by atoms with van der Waals surface area (Å²) >= 11 is 1.08. The summed E-state index contributed by atoms with van der Waals surface area (Å²) < 4.78 is 38.4. The Kier molecular flexibility index (Phi) is 3.93. The number of halogens is 3. The number of hydrogen-bond donors (Lipinski definition) is 0. The number of alkyl halides is 3. The lowest BCUT2D eigenvalue weighted by Crippen LogP contribution is -2.08. The van der Waals surface area contributed by atoms with E-state index in [9.17, 15) is 23.3 Å². The van der Waals surface area contributed by atoms with Gasteiger partial charge in [0.15, 0.2) is 0 Å². The Morgan fingerprint density at radius 3 is 2.30 bits per heavy atom. The SMILES string of the molecule is O=[N+]([O-])c1ccc(Sc2ccncc2)cc1C(F)(F)F. The van der Waals surface area contributed by atoms with Gasteiger partial charge in [-0.05, 0) is 24.3 Å². The van der Waals surface area contributed by atoms with E-state index in [2.05, 4.69) is 4.98 Å². The van der Waals surface area contributed by atoms with E-state index >= 15 is 0 Å². The zero-order valence-corrected chi connectivity index (χ0v) is 10.6. The van der Waals surface area contributed by atoms with Crippen molar-refractivity contribution < 1.29 is 18.1 Å². The van der Waals surface area contributed by atoms with Crippen molar-refractivity contribution in [2.24, 2.45) is 0 Å². The van der Waals surface area contributed by atoms with Crippen molar-refractivity contribution >= 4 is 17.4 Å². The van der Waals surface area contributed by atoms with Crippen LogP contribution >= 0.6 is 11.8 Å². The largest absolute Gasteiger partial charge is 0.423 e. The molecular weight excluding hydrogens is 293 g/mol. The van der Waals surface area contributed by atoms with Crippen molar-refractivity contribution in [2.45, 2.75) is 16.0 Å². The van der Waals surface area contributed by atoms with Crippen molar-refractivity contribution in [3.8, 4) is 0 Å². The fourth-order valence-electron chi connectivity index (χ4n) is 1.51. The number of rotatable bonds is 3. The van der Waals surface area contributed by atoms with Crippen LogP contribution in [-0.2, 0) is 6.18 Å². The van der Waals surface area contributed by atoms with Crippen LogP contribution in [0.3, 0.4) is 0 Å². The molecule has 20 heavy (non-hydrogen) atoms. The lowest BCUT2D eigenvalue weighted by molar-refractivity contribution is -0.388. The summed E-state index contributed by atoms with van der Waals surface area (Å²) in [4.78, 5) is 14.4. The summed E-state index contributed by atoms with van der Waals surface area (Å²) in [5.41, 5.74) is -2.20. The van der Waals surface area contributed by atoms with Crippen LogP contribution in [-0.4, -0.2) is 9.91 Å². The van der Waals surface area contributed by atoms with E-state index < -0.39 is 22.4 Å². The summed E-state index contributed by atoms with van der Waals surface area (Å²) in [6.07, 6.45) is -1.74. The van der Waals surface area contributed by atoms with Crippen molar-refractivity contribution in [1.82, 2.24) is 4.98 Å². The second-order valence-electron chi connectivity index (χ2n) is 3.72. The summed E-state index contributed by atoms with van der Waals surface area (Å²) in [5, 5.41) is 10.6. The average molecular weight is 300 g/mol. The molecule has 1 aromatic heterocycles. The first-order valence-corrected chi connectivity index (χ1v) is 6.13. The quantitative estimate of drug-likeness (QED) is 0.631. The number of aromatic nitrogens is 1. The predicted molar refractivity (Wildman–Crippen MR) is 66.5 cm³/mol. The normalized spacial score (nSPS) is 11.3. The first kappa shape index (κ1) is 14.3. The van der Waals surface area contributed by atoms with Crippen LogP contribution in [0.2, 0.25) is 0 Å². The fraction of sp³-hybridized carbons (Fsp3) is 0.0833. The van der Waals surface area contributed by atoms with Crippen LogP contribution in [0.1, 0.15) is 5.56 Å². The van der Waals surface area contributed by atoms with E-state index in [0.29, 0.717) is 4.90 Å². The van der Waals surface area contributed by atoms with Crippen LogP contribution in [0.15, 0.2) is 52.5 Å². The molecular formula is C12H7F3N2O2S. The standard InChI is InChI=1S/C12H7F3N2O2S/c13-12(14,15)10-7-9(1-2-11(10)17(18)19)20-8-3-5-16-6-4-8/h1-7H. The minimum Gasteiger partial charge on any atom is -0.265 e. The number of nitro benzene ring substituents is 1. The molecule has 0 N–H and O–H groups in total. The predicted octanol–water partition coefficient (Wildman–Crippen LogP) is 4.16. The topological polar surface area (TPSA) is 56.0 Å². The molecule has 0 bridgehead atoms. The molecule has 1 aromatic carbocycles. The molecule has 8 heteroatoms. The molecule has 4 nitrogen and oxygen atoms in total. The van der Waals surface area contributed by atoms with E-state index in [4.69, 9.17) is 0 Å². The number of benzene rings is 1. The third kappa shape index (κ3) is 3.27. The van der Waals surface area contributed by atoms with Gasteiger partial charge in [-0.1, -0.05) is 11.8 Å². The first-order valence-electron chi connectivity index (χ1n) is 5.31. The monoisotopic (exact) mass is 300 g/mol. The Labute approximate surface area is 115 Å². The van der Waals surface area contributed by atoms with Gasteiger partial charge in [0.2, 0.25) is 0 Å². The lowest BCUT2D eigenvalue weighted by atomic mass is 10.2. The number of nitrogens with zero attached hydrogens (tertiary/aromatic N) is 2. The third-order valence-electron chi connectivity index (χ3n) is 2.36. The summed E-state index contributed by atoms with van der Waals surface area (Å²) in [6, 6.07) is 6.22. The van der Waals surface area contributed by atoms with Gasteiger partial charge in [-0.25, -0.2) is 0 Å². The zero-order chi connectivity index (χ0) is 14.8.